The van der Waals surface area contributed by atoms with Crippen molar-refractivity contribution < 1.29 is 13.2 Å². The number of hydrogen-bond donors (Lipinski definition) is 3. The van der Waals surface area contributed by atoms with E-state index in [4.69, 9.17) is 11.6 Å². The van der Waals surface area contributed by atoms with E-state index in [0.717, 1.165) is 17.4 Å². The van der Waals surface area contributed by atoms with Crippen LogP contribution in [0.2, 0.25) is 5.02 Å². The molecule has 0 aliphatic carbocycles. The number of sulfonamides is 1. The Hall–Kier alpha value is -2.25. The molecule has 0 aliphatic heterocycles. The quantitative estimate of drug-likeness (QED) is 0.733. The fraction of sp³-hybridized carbons (Fsp3) is 0.235. The Kier molecular flexibility index (Phi) is 5.92. The molecule has 25 heavy (non-hydrogen) atoms. The van der Waals surface area contributed by atoms with Gasteiger partial charge >= 0.3 is 6.03 Å². The van der Waals surface area contributed by atoms with E-state index < -0.39 is 10.0 Å². The van der Waals surface area contributed by atoms with Gasteiger partial charge in [-0.3, -0.25) is 4.72 Å². The summed E-state index contributed by atoms with van der Waals surface area (Å²) in [6.07, 6.45) is 1.09. The van der Waals surface area contributed by atoms with Gasteiger partial charge in [0.15, 0.2) is 0 Å². The van der Waals surface area contributed by atoms with Gasteiger partial charge in [-0.2, -0.15) is 0 Å². The summed E-state index contributed by atoms with van der Waals surface area (Å²) in [6.45, 7) is 3.63. The fourth-order valence-electron chi connectivity index (χ4n) is 2.27. The summed E-state index contributed by atoms with van der Waals surface area (Å²) >= 11 is 6.04. The van der Waals surface area contributed by atoms with Crippen molar-refractivity contribution in [3.05, 3.63) is 58.6 Å². The van der Waals surface area contributed by atoms with Crippen molar-refractivity contribution in [3.8, 4) is 0 Å². The molecule has 0 radical (unpaired) electrons. The second kappa shape index (κ2) is 7.76. The number of benzene rings is 2. The highest BCUT2D eigenvalue weighted by molar-refractivity contribution is 7.92. The van der Waals surface area contributed by atoms with Crippen LogP contribution in [0.15, 0.2) is 42.5 Å². The summed E-state index contributed by atoms with van der Waals surface area (Å²) in [6, 6.07) is 11.4. The topological polar surface area (TPSA) is 87.3 Å². The second-order valence-corrected chi connectivity index (χ2v) is 7.89. The summed E-state index contributed by atoms with van der Waals surface area (Å²) in [5, 5.41) is 6.14. The Morgan fingerprint density at radius 1 is 1.16 bits per heavy atom. The second-order valence-electron chi connectivity index (χ2n) is 5.73. The molecule has 0 saturated heterocycles. The van der Waals surface area contributed by atoms with E-state index in [2.05, 4.69) is 15.4 Å². The maximum Gasteiger partial charge on any atom is 0.319 e. The smallest absolute Gasteiger partial charge is 0.319 e. The Bertz CT molecular complexity index is 884. The minimum absolute atomic E-state index is 0.319. The van der Waals surface area contributed by atoms with Crippen molar-refractivity contribution in [3.63, 3.8) is 0 Å². The summed E-state index contributed by atoms with van der Waals surface area (Å²) in [5.41, 5.74) is 2.63. The molecule has 1 unspecified atom stereocenters. The maximum absolute atomic E-state index is 12.2. The lowest BCUT2D eigenvalue weighted by Gasteiger charge is -2.17. The van der Waals surface area contributed by atoms with Crippen molar-refractivity contribution in [1.29, 1.82) is 0 Å². The van der Waals surface area contributed by atoms with E-state index in [1.165, 1.54) is 0 Å². The van der Waals surface area contributed by atoms with Gasteiger partial charge in [-0.15, -0.1) is 0 Å². The predicted molar refractivity (Wildman–Crippen MR) is 102 cm³/mol. The minimum Gasteiger partial charge on any atom is -0.331 e. The lowest BCUT2D eigenvalue weighted by molar-refractivity contribution is 0.249. The van der Waals surface area contributed by atoms with Crippen molar-refractivity contribution in [2.24, 2.45) is 0 Å². The van der Waals surface area contributed by atoms with Crippen LogP contribution in [0, 0.1) is 6.92 Å². The largest absolute Gasteiger partial charge is 0.331 e. The molecule has 2 amide bonds. The number of carbonyl (C=O) groups is 1. The van der Waals surface area contributed by atoms with Gasteiger partial charge in [0.05, 0.1) is 12.3 Å². The summed E-state index contributed by atoms with van der Waals surface area (Å²) in [5.74, 6) is 0. The molecule has 2 aromatic carbocycles. The van der Waals surface area contributed by atoms with Crippen LogP contribution in [0.5, 0.6) is 0 Å². The molecule has 0 fully saturated rings. The molecular formula is C17H20ClN3O3S. The Morgan fingerprint density at radius 3 is 2.52 bits per heavy atom. The van der Waals surface area contributed by atoms with Gasteiger partial charge in [-0.25, -0.2) is 13.2 Å². The Morgan fingerprint density at radius 2 is 1.84 bits per heavy atom. The average Bonchev–Trinajstić information content (AvgIpc) is 2.50. The maximum atomic E-state index is 12.2. The molecule has 3 N–H and O–H groups in total. The van der Waals surface area contributed by atoms with E-state index in [-0.39, 0.29) is 12.1 Å². The van der Waals surface area contributed by atoms with Crippen LogP contribution < -0.4 is 15.4 Å². The molecule has 2 aromatic rings. The SMILES string of the molecule is Cc1c(Cl)cccc1NC(=O)NC(C)c1cccc(NS(C)(=O)=O)c1. The molecule has 0 aliphatic rings. The third-order valence-corrected chi connectivity index (χ3v) is 4.57. The summed E-state index contributed by atoms with van der Waals surface area (Å²) < 4.78 is 25.1. The lowest BCUT2D eigenvalue weighted by atomic mass is 10.1. The molecule has 0 bridgehead atoms. The third kappa shape index (κ3) is 5.65. The van der Waals surface area contributed by atoms with Crippen LogP contribution in [0.1, 0.15) is 24.1 Å². The van der Waals surface area contributed by atoms with Crippen LogP contribution in [-0.2, 0) is 10.0 Å². The zero-order chi connectivity index (χ0) is 18.6. The van der Waals surface area contributed by atoms with Crippen molar-refractivity contribution in [2.75, 3.05) is 16.3 Å². The highest BCUT2D eigenvalue weighted by Gasteiger charge is 2.12. The van der Waals surface area contributed by atoms with Gasteiger partial charge in [-0.05, 0) is 49.2 Å². The highest BCUT2D eigenvalue weighted by atomic mass is 35.5. The van der Waals surface area contributed by atoms with Crippen LogP contribution in [0.3, 0.4) is 0 Å². The third-order valence-electron chi connectivity index (χ3n) is 3.55. The normalized spacial score (nSPS) is 12.3. The number of halogens is 1. The van der Waals surface area contributed by atoms with Crippen molar-refractivity contribution >= 4 is 39.0 Å². The van der Waals surface area contributed by atoms with Gasteiger partial charge in [0.2, 0.25) is 10.0 Å². The molecule has 0 spiro atoms. The van der Waals surface area contributed by atoms with E-state index in [0.29, 0.717) is 16.4 Å². The molecule has 8 heteroatoms. The fourth-order valence-corrected chi connectivity index (χ4v) is 3.00. The first-order chi connectivity index (χ1) is 11.7. The number of rotatable bonds is 5. The van der Waals surface area contributed by atoms with E-state index in [9.17, 15) is 13.2 Å². The van der Waals surface area contributed by atoms with Crippen molar-refractivity contribution in [2.45, 2.75) is 19.9 Å². The van der Waals surface area contributed by atoms with Gasteiger partial charge in [-0.1, -0.05) is 29.8 Å². The zero-order valence-electron chi connectivity index (χ0n) is 14.1. The first-order valence-corrected chi connectivity index (χ1v) is 9.83. The van der Waals surface area contributed by atoms with Crippen LogP contribution in [-0.4, -0.2) is 20.7 Å². The summed E-state index contributed by atoms with van der Waals surface area (Å²) in [7, 11) is -3.35. The molecule has 0 heterocycles. The van der Waals surface area contributed by atoms with Crippen molar-refractivity contribution in [1.82, 2.24) is 5.32 Å². The minimum atomic E-state index is -3.35. The molecule has 0 saturated carbocycles. The van der Waals surface area contributed by atoms with E-state index in [1.807, 2.05) is 19.9 Å². The Balaban J connectivity index is 2.06. The van der Waals surface area contributed by atoms with Crippen LogP contribution in [0.25, 0.3) is 0 Å². The van der Waals surface area contributed by atoms with E-state index in [1.54, 1.807) is 36.4 Å². The summed E-state index contributed by atoms with van der Waals surface area (Å²) in [4.78, 5) is 12.2. The van der Waals surface area contributed by atoms with Crippen LogP contribution in [0.4, 0.5) is 16.2 Å². The molecule has 1 atom stereocenters. The Labute approximate surface area is 152 Å². The highest BCUT2D eigenvalue weighted by Crippen LogP contribution is 2.23. The standard InChI is InChI=1S/C17H20ClN3O3S/c1-11-15(18)8-5-9-16(11)20-17(22)19-12(2)13-6-4-7-14(10-13)21-25(3,23)24/h4-10,12,21H,1-3H3,(H2,19,20,22). The predicted octanol–water partition coefficient (Wildman–Crippen LogP) is 3.90. The van der Waals surface area contributed by atoms with Gasteiger partial charge < -0.3 is 10.6 Å². The number of urea groups is 1. The van der Waals surface area contributed by atoms with E-state index >= 15 is 0 Å². The monoisotopic (exact) mass is 381 g/mol. The molecule has 134 valence electrons. The molecular weight excluding hydrogens is 362 g/mol. The van der Waals surface area contributed by atoms with Crippen LogP contribution >= 0.6 is 11.6 Å². The average molecular weight is 382 g/mol. The number of nitrogens with one attached hydrogen (secondary N) is 3. The number of hydrogen-bond acceptors (Lipinski definition) is 3. The number of carbonyl (C=O) groups excluding carboxylic acids is 1. The molecule has 6 nitrogen and oxygen atoms in total. The van der Waals surface area contributed by atoms with Gasteiger partial charge in [0, 0.05) is 16.4 Å². The molecule has 2 rings (SSSR count). The zero-order valence-corrected chi connectivity index (χ0v) is 15.7. The number of anilines is 2. The van der Waals surface area contributed by atoms with Gasteiger partial charge in [0.25, 0.3) is 0 Å². The van der Waals surface area contributed by atoms with Gasteiger partial charge in [0.1, 0.15) is 0 Å². The first kappa shape index (κ1) is 19.1. The first-order valence-electron chi connectivity index (χ1n) is 7.56. The lowest BCUT2D eigenvalue weighted by Crippen LogP contribution is -2.31. The number of amides is 2. The molecule has 0 aromatic heterocycles.